The van der Waals surface area contributed by atoms with E-state index in [9.17, 15) is 9.59 Å². The van der Waals surface area contributed by atoms with Crippen molar-refractivity contribution in [3.05, 3.63) is 47.8 Å². The first-order valence-electron chi connectivity index (χ1n) is 12.6. The lowest BCUT2D eigenvalue weighted by atomic mass is 9.67. The molecule has 2 unspecified atom stereocenters. The first-order chi connectivity index (χ1) is 16.9. The number of benzene rings is 2. The number of hydrogen-bond donors (Lipinski definition) is 0. The summed E-state index contributed by atoms with van der Waals surface area (Å²) in [5, 5.41) is 1.53. The van der Waals surface area contributed by atoms with Gasteiger partial charge in [0.2, 0.25) is 11.8 Å². The molecule has 0 spiro atoms. The largest absolute Gasteiger partial charge is 0.417 e. The first-order valence-corrected chi connectivity index (χ1v) is 15.5. The summed E-state index contributed by atoms with van der Waals surface area (Å²) in [6.07, 6.45) is 0.149. The molecule has 8 heteroatoms. The van der Waals surface area contributed by atoms with Gasteiger partial charge in [0.05, 0.1) is 24.1 Å². The molecule has 0 N–H and O–H groups in total. The SMILES string of the molecule is [C-]#[N+]c1ccc(N2C(=O)[C@@H]3[C@H](C2=O)C2(C)OC3(CCO[Si](C)(C)C(C)(C)C)[C@H]3O[C@H]32)c2ccccc12. The van der Waals surface area contributed by atoms with E-state index in [1.165, 1.54) is 4.90 Å². The summed E-state index contributed by atoms with van der Waals surface area (Å²) >= 11 is 0. The second-order valence-electron chi connectivity index (χ2n) is 12.3. The number of carbonyl (C=O) groups excluding carboxylic acids is 2. The number of imide groups is 1. The van der Waals surface area contributed by atoms with Crippen molar-refractivity contribution in [3.8, 4) is 0 Å². The molecule has 36 heavy (non-hydrogen) atoms. The van der Waals surface area contributed by atoms with Crippen LogP contribution >= 0.6 is 0 Å². The van der Waals surface area contributed by atoms with E-state index in [-0.39, 0.29) is 29.1 Å². The van der Waals surface area contributed by atoms with Crippen molar-refractivity contribution in [2.24, 2.45) is 11.8 Å². The van der Waals surface area contributed by atoms with E-state index in [4.69, 9.17) is 20.5 Å². The van der Waals surface area contributed by atoms with Crippen LogP contribution in [0.2, 0.25) is 18.1 Å². The Balaban J connectivity index is 1.37. The molecule has 6 atom stereocenters. The van der Waals surface area contributed by atoms with Gasteiger partial charge >= 0.3 is 0 Å². The molecule has 7 nitrogen and oxygen atoms in total. The number of anilines is 1. The van der Waals surface area contributed by atoms with Crippen LogP contribution in [0.1, 0.15) is 34.1 Å². The predicted octanol–water partition coefficient (Wildman–Crippen LogP) is 5.22. The topological polar surface area (TPSA) is 72.7 Å². The molecule has 2 amide bonds. The van der Waals surface area contributed by atoms with Gasteiger partial charge in [0.25, 0.3) is 0 Å². The molecule has 4 saturated heterocycles. The quantitative estimate of drug-likeness (QED) is 0.242. The summed E-state index contributed by atoms with van der Waals surface area (Å²) in [6, 6.07) is 10.9. The molecule has 4 heterocycles. The van der Waals surface area contributed by atoms with Crippen molar-refractivity contribution < 1.29 is 23.5 Å². The monoisotopic (exact) mass is 504 g/mol. The molecule has 4 aliphatic heterocycles. The normalized spacial score (nSPS) is 34.8. The van der Waals surface area contributed by atoms with Gasteiger partial charge in [-0.2, -0.15) is 0 Å². The molecule has 0 radical (unpaired) electrons. The molecule has 2 aromatic rings. The molecule has 2 bridgehead atoms. The Kier molecular flexibility index (Phi) is 4.80. The molecule has 188 valence electrons. The number of nitrogens with zero attached hydrogens (tertiary/aromatic N) is 2. The van der Waals surface area contributed by atoms with Gasteiger partial charge in [-0.3, -0.25) is 9.59 Å². The van der Waals surface area contributed by atoms with Crippen LogP contribution in [0.4, 0.5) is 11.4 Å². The molecule has 0 saturated carbocycles. The van der Waals surface area contributed by atoms with E-state index in [0.717, 1.165) is 10.8 Å². The van der Waals surface area contributed by atoms with E-state index in [0.29, 0.717) is 24.4 Å². The second-order valence-corrected chi connectivity index (χ2v) is 17.1. The van der Waals surface area contributed by atoms with Gasteiger partial charge in [-0.05, 0) is 41.9 Å². The van der Waals surface area contributed by atoms with E-state index in [1.54, 1.807) is 12.1 Å². The lowest BCUT2D eigenvalue weighted by molar-refractivity contribution is -0.145. The van der Waals surface area contributed by atoms with Crippen molar-refractivity contribution >= 4 is 42.3 Å². The van der Waals surface area contributed by atoms with Gasteiger partial charge in [-0.25, -0.2) is 9.74 Å². The van der Waals surface area contributed by atoms with Crippen molar-refractivity contribution in [1.29, 1.82) is 0 Å². The third kappa shape index (κ3) is 2.88. The Hall–Kier alpha value is -2.57. The van der Waals surface area contributed by atoms with Crippen LogP contribution in [-0.4, -0.2) is 50.1 Å². The lowest BCUT2D eigenvalue weighted by Gasteiger charge is -2.38. The van der Waals surface area contributed by atoms with Crippen LogP contribution in [0.15, 0.2) is 36.4 Å². The van der Waals surface area contributed by atoms with Crippen LogP contribution < -0.4 is 4.90 Å². The molecule has 0 aliphatic carbocycles. The van der Waals surface area contributed by atoms with Crippen LogP contribution in [0.5, 0.6) is 0 Å². The van der Waals surface area contributed by atoms with Crippen LogP contribution in [0.25, 0.3) is 15.6 Å². The minimum Gasteiger partial charge on any atom is -0.417 e. The van der Waals surface area contributed by atoms with Crippen molar-refractivity contribution in [2.75, 3.05) is 11.5 Å². The van der Waals surface area contributed by atoms with Crippen molar-refractivity contribution in [1.82, 2.24) is 0 Å². The van der Waals surface area contributed by atoms with Crippen molar-refractivity contribution in [2.45, 2.75) is 75.7 Å². The third-order valence-electron chi connectivity index (χ3n) is 9.40. The van der Waals surface area contributed by atoms with Gasteiger partial charge < -0.3 is 13.9 Å². The molecule has 4 fully saturated rings. The van der Waals surface area contributed by atoms with Crippen molar-refractivity contribution in [3.63, 3.8) is 0 Å². The average Bonchev–Trinajstić information content (AvgIpc) is 3.48. The number of fused-ring (bicyclic) bond motifs is 9. The zero-order valence-corrected chi connectivity index (χ0v) is 22.6. The molecule has 4 aliphatic rings. The summed E-state index contributed by atoms with van der Waals surface area (Å²) in [7, 11) is -1.99. The highest BCUT2D eigenvalue weighted by Gasteiger charge is 2.86. The second kappa shape index (κ2) is 7.26. The fourth-order valence-corrected chi connectivity index (χ4v) is 7.54. The highest BCUT2D eigenvalue weighted by Crippen LogP contribution is 2.69. The van der Waals surface area contributed by atoms with Gasteiger partial charge in [0, 0.05) is 13.0 Å². The fourth-order valence-electron chi connectivity index (χ4n) is 6.49. The van der Waals surface area contributed by atoms with Crippen LogP contribution in [-0.2, 0) is 23.5 Å². The maximum absolute atomic E-state index is 14.1. The number of carbonyl (C=O) groups is 2. The van der Waals surface area contributed by atoms with Crippen LogP contribution in [0.3, 0.4) is 0 Å². The number of amides is 2. The van der Waals surface area contributed by atoms with Gasteiger partial charge in [-0.1, -0.05) is 51.1 Å². The highest BCUT2D eigenvalue weighted by molar-refractivity contribution is 6.74. The minimum absolute atomic E-state index is 0.0705. The summed E-state index contributed by atoms with van der Waals surface area (Å²) in [4.78, 5) is 33.0. The lowest BCUT2D eigenvalue weighted by Crippen LogP contribution is -2.49. The summed E-state index contributed by atoms with van der Waals surface area (Å²) in [6.45, 7) is 20.9. The molecular formula is C28H32N2O5Si. The fraction of sp³-hybridized carbons (Fsp3) is 0.536. The first kappa shape index (κ1) is 23.8. The zero-order valence-electron chi connectivity index (χ0n) is 21.6. The Morgan fingerprint density at radius 3 is 2.39 bits per heavy atom. The smallest absolute Gasteiger partial charge is 0.240 e. The van der Waals surface area contributed by atoms with E-state index in [1.807, 2.05) is 31.2 Å². The Morgan fingerprint density at radius 1 is 1.06 bits per heavy atom. The maximum atomic E-state index is 14.1. The van der Waals surface area contributed by atoms with Crippen LogP contribution in [0, 0.1) is 18.4 Å². The number of rotatable bonds is 5. The van der Waals surface area contributed by atoms with E-state index >= 15 is 0 Å². The number of hydrogen-bond acceptors (Lipinski definition) is 5. The third-order valence-corrected chi connectivity index (χ3v) is 13.9. The standard InChI is InChI=1S/C28H32N2O5Si/c1-26(2,3)36(6,7)33-15-14-28-21-20(27(4,35-28)22-23(28)34-22)24(31)30(25(21)32)19-13-12-18(29-5)16-10-8-9-11-17(16)19/h8-13,20-23H,14-15H2,1-4,6-7H3/t20-,21+,22-,23+,27?,28?/m1/s1. The highest BCUT2D eigenvalue weighted by atomic mass is 28.4. The van der Waals surface area contributed by atoms with E-state index < -0.39 is 31.4 Å². The average molecular weight is 505 g/mol. The Morgan fingerprint density at radius 2 is 1.72 bits per heavy atom. The number of ether oxygens (including phenoxy) is 2. The predicted molar refractivity (Wildman–Crippen MR) is 138 cm³/mol. The Labute approximate surface area is 212 Å². The van der Waals surface area contributed by atoms with Gasteiger partial charge in [0.1, 0.15) is 23.4 Å². The summed E-state index contributed by atoms with van der Waals surface area (Å²) < 4.78 is 19.1. The molecular weight excluding hydrogens is 472 g/mol. The minimum atomic E-state index is -1.99. The summed E-state index contributed by atoms with van der Waals surface area (Å²) in [5.74, 6) is -1.69. The Bertz CT molecular complexity index is 1360. The van der Waals surface area contributed by atoms with Gasteiger partial charge in [0.15, 0.2) is 14.0 Å². The number of epoxide rings is 1. The molecule has 0 aromatic heterocycles. The zero-order chi connectivity index (χ0) is 25.8. The maximum Gasteiger partial charge on any atom is 0.240 e. The summed E-state index contributed by atoms with van der Waals surface area (Å²) in [5.41, 5.74) is -0.661. The molecule has 6 rings (SSSR count). The molecule has 2 aromatic carbocycles. The van der Waals surface area contributed by atoms with E-state index in [2.05, 4.69) is 38.7 Å². The van der Waals surface area contributed by atoms with Gasteiger partial charge in [-0.15, -0.1) is 0 Å².